The fourth-order valence-electron chi connectivity index (χ4n) is 1.25. The van der Waals surface area contributed by atoms with E-state index in [2.05, 4.69) is 19.9 Å². The van der Waals surface area contributed by atoms with Gasteiger partial charge >= 0.3 is 17.9 Å². The van der Waals surface area contributed by atoms with Crippen molar-refractivity contribution in [2.75, 3.05) is 0 Å². The molecule has 2 aromatic rings. The predicted octanol–water partition coefficient (Wildman–Crippen LogP) is -0.131. The fourth-order valence-corrected chi connectivity index (χ4v) is 1.25. The molecule has 0 spiro atoms. The molecular formula is C8H5ClN4O6. The van der Waals surface area contributed by atoms with Crippen LogP contribution in [0.15, 0.2) is 0 Å². The maximum atomic E-state index is 10.9. The Morgan fingerprint density at radius 1 is 0.895 bits per heavy atom. The van der Waals surface area contributed by atoms with Crippen molar-refractivity contribution < 1.29 is 29.7 Å². The number of rotatable bonds is 3. The summed E-state index contributed by atoms with van der Waals surface area (Å²) >= 11 is 0. The molecule has 0 fully saturated rings. The van der Waals surface area contributed by atoms with Gasteiger partial charge in [-0.2, -0.15) is 0 Å². The first-order chi connectivity index (χ1) is 8.40. The second kappa shape index (κ2) is 4.86. The van der Waals surface area contributed by atoms with Crippen LogP contribution in [0.3, 0.4) is 0 Å². The van der Waals surface area contributed by atoms with Crippen molar-refractivity contribution in [3.8, 4) is 0 Å². The highest BCUT2D eigenvalue weighted by Crippen LogP contribution is 2.14. The second-order valence-corrected chi connectivity index (χ2v) is 3.10. The first kappa shape index (κ1) is 14.3. The third-order valence-electron chi connectivity index (χ3n) is 1.95. The molecule has 0 saturated carbocycles. The van der Waals surface area contributed by atoms with Crippen molar-refractivity contribution in [1.82, 2.24) is 19.9 Å². The minimum atomic E-state index is -1.54. The van der Waals surface area contributed by atoms with Gasteiger partial charge in [-0.05, 0) is 0 Å². The molecule has 10 nitrogen and oxygen atoms in total. The number of aromatic nitrogens is 4. The van der Waals surface area contributed by atoms with E-state index < -0.39 is 35.3 Å². The molecule has 2 rings (SSSR count). The van der Waals surface area contributed by atoms with Gasteiger partial charge < -0.3 is 20.3 Å². The second-order valence-electron chi connectivity index (χ2n) is 3.10. The van der Waals surface area contributed by atoms with Gasteiger partial charge in [0.1, 0.15) is 5.52 Å². The van der Waals surface area contributed by atoms with Crippen molar-refractivity contribution in [1.29, 1.82) is 0 Å². The minimum absolute atomic E-state index is 0. The molecule has 0 saturated heterocycles. The van der Waals surface area contributed by atoms with Gasteiger partial charge in [0.05, 0.1) is 0 Å². The largest absolute Gasteiger partial charge is 0.476 e. The van der Waals surface area contributed by atoms with Gasteiger partial charge in [-0.1, -0.05) is 0 Å². The van der Waals surface area contributed by atoms with Crippen molar-refractivity contribution in [2.45, 2.75) is 0 Å². The summed E-state index contributed by atoms with van der Waals surface area (Å²) in [6.07, 6.45) is 0. The Morgan fingerprint density at radius 3 is 2.00 bits per heavy atom. The summed E-state index contributed by atoms with van der Waals surface area (Å²) in [4.78, 5) is 44.6. The summed E-state index contributed by atoms with van der Waals surface area (Å²) in [6, 6.07) is 0. The summed E-state index contributed by atoms with van der Waals surface area (Å²) in [5.74, 6) is -5.82. The SMILES string of the molecule is Cl.O=C(O)c1nc(C(=O)O)c2[nH]c(C(=O)O)nc2n1. The number of fused-ring (bicyclic) bond motifs is 1. The van der Waals surface area contributed by atoms with Gasteiger partial charge in [-0.15, -0.1) is 12.4 Å². The summed E-state index contributed by atoms with van der Waals surface area (Å²) in [7, 11) is 0. The van der Waals surface area contributed by atoms with Crippen LogP contribution < -0.4 is 0 Å². The molecule has 0 aliphatic carbocycles. The normalized spacial score (nSPS) is 9.89. The first-order valence-corrected chi connectivity index (χ1v) is 4.37. The molecule has 11 heteroatoms. The number of nitrogens with zero attached hydrogens (tertiary/aromatic N) is 3. The molecule has 0 aliphatic rings. The third-order valence-corrected chi connectivity index (χ3v) is 1.95. The zero-order chi connectivity index (χ0) is 13.4. The highest BCUT2D eigenvalue weighted by atomic mass is 35.5. The predicted molar refractivity (Wildman–Crippen MR) is 59.8 cm³/mol. The summed E-state index contributed by atoms with van der Waals surface area (Å²) in [5.41, 5.74) is -1.24. The van der Waals surface area contributed by atoms with Crippen molar-refractivity contribution >= 4 is 41.5 Å². The molecule has 0 aliphatic heterocycles. The number of carboxylic acids is 3. The Kier molecular flexibility index (Phi) is 3.66. The van der Waals surface area contributed by atoms with E-state index in [1.54, 1.807) is 0 Å². The Balaban J connectivity index is 0.00000180. The van der Waals surface area contributed by atoms with E-state index in [-0.39, 0.29) is 23.6 Å². The van der Waals surface area contributed by atoms with E-state index in [4.69, 9.17) is 15.3 Å². The smallest absolute Gasteiger partial charge is 0.374 e. The zero-order valence-electron chi connectivity index (χ0n) is 8.82. The highest BCUT2D eigenvalue weighted by molar-refractivity contribution is 6.01. The van der Waals surface area contributed by atoms with Crippen molar-refractivity contribution in [2.24, 2.45) is 0 Å². The fraction of sp³-hybridized carbons (Fsp3) is 0. The van der Waals surface area contributed by atoms with Crippen LogP contribution in [0.4, 0.5) is 0 Å². The summed E-state index contributed by atoms with van der Waals surface area (Å²) < 4.78 is 0. The number of carbonyl (C=O) groups is 3. The average Bonchev–Trinajstić information content (AvgIpc) is 2.70. The molecule has 0 aromatic carbocycles. The molecule has 0 bridgehead atoms. The Morgan fingerprint density at radius 2 is 1.53 bits per heavy atom. The Labute approximate surface area is 109 Å². The van der Waals surface area contributed by atoms with Crippen LogP contribution in [-0.4, -0.2) is 53.2 Å². The van der Waals surface area contributed by atoms with E-state index in [0.29, 0.717) is 0 Å². The maximum absolute atomic E-state index is 10.9. The molecule has 0 amide bonds. The molecule has 0 radical (unpaired) electrons. The molecule has 0 atom stereocenters. The van der Waals surface area contributed by atoms with Crippen molar-refractivity contribution in [3.05, 3.63) is 17.3 Å². The van der Waals surface area contributed by atoms with Crippen molar-refractivity contribution in [3.63, 3.8) is 0 Å². The van der Waals surface area contributed by atoms with Gasteiger partial charge in [0.2, 0.25) is 11.6 Å². The van der Waals surface area contributed by atoms with E-state index in [9.17, 15) is 14.4 Å². The number of H-pyrrole nitrogens is 1. The molecule has 4 N–H and O–H groups in total. The number of carboxylic acid groups (broad SMARTS) is 3. The summed E-state index contributed by atoms with van der Waals surface area (Å²) in [5, 5.41) is 26.2. The lowest BCUT2D eigenvalue weighted by Gasteiger charge is -1.97. The monoisotopic (exact) mass is 288 g/mol. The van der Waals surface area contributed by atoms with Crippen LogP contribution >= 0.6 is 12.4 Å². The molecule has 2 aromatic heterocycles. The lowest BCUT2D eigenvalue weighted by atomic mass is 10.3. The quantitative estimate of drug-likeness (QED) is 0.601. The van der Waals surface area contributed by atoms with Gasteiger partial charge in [-0.25, -0.2) is 29.3 Å². The van der Waals surface area contributed by atoms with E-state index >= 15 is 0 Å². The number of hydrogen-bond acceptors (Lipinski definition) is 6. The standard InChI is InChI=1S/C8H4N4O6.ClH/c13-6(14)2-1-3(11-4(9-1)7(15)16)12-5(10-2)8(17)18;/h(H,13,14)(H,15,16)(H,17,18)(H,9,10,11,12);1H. The van der Waals surface area contributed by atoms with Crippen LogP contribution in [0.25, 0.3) is 11.2 Å². The minimum Gasteiger partial charge on any atom is -0.476 e. The maximum Gasteiger partial charge on any atom is 0.374 e. The van der Waals surface area contributed by atoms with Crippen LogP contribution in [0.5, 0.6) is 0 Å². The lowest BCUT2D eigenvalue weighted by molar-refractivity contribution is 0.0667. The van der Waals surface area contributed by atoms with Crippen LogP contribution in [-0.2, 0) is 0 Å². The van der Waals surface area contributed by atoms with E-state index in [1.807, 2.05) is 0 Å². The Hall–Kier alpha value is -2.75. The zero-order valence-corrected chi connectivity index (χ0v) is 9.63. The molecule has 100 valence electrons. The average molecular weight is 289 g/mol. The molecule has 0 unspecified atom stereocenters. The molecular weight excluding hydrogens is 284 g/mol. The number of aromatic carboxylic acids is 3. The third kappa shape index (κ3) is 2.42. The van der Waals surface area contributed by atoms with Crippen LogP contribution in [0.2, 0.25) is 0 Å². The van der Waals surface area contributed by atoms with Gasteiger partial charge in [0.25, 0.3) is 0 Å². The number of nitrogens with one attached hydrogen (secondary N) is 1. The molecule has 2 heterocycles. The number of imidazole rings is 1. The van der Waals surface area contributed by atoms with Crippen LogP contribution in [0.1, 0.15) is 31.7 Å². The van der Waals surface area contributed by atoms with E-state index in [0.717, 1.165) is 0 Å². The van der Waals surface area contributed by atoms with E-state index in [1.165, 1.54) is 0 Å². The van der Waals surface area contributed by atoms with Gasteiger partial charge in [0, 0.05) is 0 Å². The van der Waals surface area contributed by atoms with Gasteiger partial charge in [-0.3, -0.25) is 0 Å². The molecule has 19 heavy (non-hydrogen) atoms. The highest BCUT2D eigenvalue weighted by Gasteiger charge is 2.21. The first-order valence-electron chi connectivity index (χ1n) is 4.37. The number of hydrogen-bond donors (Lipinski definition) is 4. The van der Waals surface area contributed by atoms with Crippen LogP contribution in [0, 0.1) is 0 Å². The van der Waals surface area contributed by atoms with Gasteiger partial charge in [0.15, 0.2) is 11.3 Å². The lowest BCUT2D eigenvalue weighted by Crippen LogP contribution is -2.10. The number of halogens is 1. The number of aromatic amines is 1. The summed E-state index contributed by atoms with van der Waals surface area (Å²) in [6.45, 7) is 0. The Bertz CT molecular complexity index is 696. The topological polar surface area (TPSA) is 166 Å².